The Morgan fingerprint density at radius 1 is 1.07 bits per heavy atom. The van der Waals surface area contributed by atoms with Gasteiger partial charge in [0.25, 0.3) is 5.15 Å². The molecule has 0 radical (unpaired) electrons. The first-order valence-electron chi connectivity index (χ1n) is 8.44. The number of benzene rings is 1. The van der Waals surface area contributed by atoms with Crippen molar-refractivity contribution in [2.45, 2.75) is 27.3 Å². The highest BCUT2D eigenvalue weighted by atomic mass is 127. The van der Waals surface area contributed by atoms with E-state index in [9.17, 15) is 9.59 Å². The van der Waals surface area contributed by atoms with Crippen molar-refractivity contribution in [3.63, 3.8) is 0 Å². The number of hydrogen-bond donors (Lipinski definition) is 1. The Balaban J connectivity index is 0.00000364. The summed E-state index contributed by atoms with van der Waals surface area (Å²) in [6, 6.07) is 13.2. The minimum absolute atomic E-state index is 0. The minimum Gasteiger partial charge on any atom is -1.00 e. The summed E-state index contributed by atoms with van der Waals surface area (Å²) in [4.78, 5) is 24.4. The van der Waals surface area contributed by atoms with Crippen molar-refractivity contribution in [2.24, 2.45) is 5.41 Å². The van der Waals surface area contributed by atoms with Crippen LogP contribution in [0.4, 0.5) is 0 Å². The summed E-state index contributed by atoms with van der Waals surface area (Å²) in [6.45, 7) is 5.83. The number of hydrogen-bond acceptors (Lipinski definition) is 2. The van der Waals surface area contributed by atoms with Crippen LogP contribution in [0.25, 0.3) is 5.57 Å². The Hall–Kier alpha value is -1.73. The molecule has 0 atom stereocenters. The number of carbonyl (C=O) groups is 2. The Kier molecular flexibility index (Phi) is 8.62. The Bertz CT molecular complexity index is 843. The van der Waals surface area contributed by atoms with E-state index in [1.165, 1.54) is 0 Å². The molecule has 2 aromatic rings. The third-order valence-corrected chi connectivity index (χ3v) is 4.38. The molecule has 0 aliphatic heterocycles. The number of likely N-dealkylation sites (N-methyl/N-ethyl adjacent to an activating group) is 1. The zero-order valence-corrected chi connectivity index (χ0v) is 18.8. The zero-order valence-electron chi connectivity index (χ0n) is 15.9. The van der Waals surface area contributed by atoms with Gasteiger partial charge >= 0.3 is 0 Å². The molecule has 0 unspecified atom stereocenters. The second-order valence-corrected chi connectivity index (χ2v) is 7.47. The molecular formula is C21H24ClIN2O2. The Morgan fingerprint density at radius 2 is 1.70 bits per heavy atom. The molecule has 1 aromatic heterocycles. The van der Waals surface area contributed by atoms with E-state index in [1.54, 1.807) is 23.8 Å². The Morgan fingerprint density at radius 3 is 2.26 bits per heavy atom. The molecule has 0 saturated heterocycles. The van der Waals surface area contributed by atoms with E-state index >= 15 is 0 Å². The van der Waals surface area contributed by atoms with Crippen LogP contribution in [0.3, 0.4) is 0 Å². The summed E-state index contributed by atoms with van der Waals surface area (Å²) in [6.07, 6.45) is 3.36. The number of amides is 1. The first kappa shape index (κ1) is 23.3. The van der Waals surface area contributed by atoms with Crippen LogP contribution < -0.4 is 33.9 Å². The summed E-state index contributed by atoms with van der Waals surface area (Å²) < 4.78 is 1.71. The quantitative estimate of drug-likeness (QED) is 0.281. The van der Waals surface area contributed by atoms with Crippen molar-refractivity contribution in [3.05, 3.63) is 71.0 Å². The molecule has 2 rings (SSSR count). The number of carbonyl (C=O) groups excluding carboxylic acids is 2. The standard InChI is InChI=1S/C21H23ClN2O2.HI/c1-21(2,3)18(25)14-24-13-16(10-11-19(24)22)17(12-20(26)23-4)15-8-6-5-7-9-15;/h5-13H,14H2,1-4H3;1H/b17-12+;. The first-order valence-corrected chi connectivity index (χ1v) is 8.81. The van der Waals surface area contributed by atoms with Crippen LogP contribution in [0.1, 0.15) is 31.9 Å². The molecular weight excluding hydrogens is 475 g/mol. The van der Waals surface area contributed by atoms with Gasteiger partial charge in [-0.3, -0.25) is 9.59 Å². The van der Waals surface area contributed by atoms with Crippen LogP contribution in [0.5, 0.6) is 0 Å². The SMILES string of the molecule is CNC(=O)/C=C(\c1ccccc1)c1ccc(Cl)[n+](CC(=O)C(C)(C)C)c1.[I-]. The third-order valence-electron chi connectivity index (χ3n) is 4.04. The maximum atomic E-state index is 12.4. The van der Waals surface area contributed by atoms with Crippen molar-refractivity contribution in [3.8, 4) is 0 Å². The highest BCUT2D eigenvalue weighted by Crippen LogP contribution is 2.23. The average molecular weight is 499 g/mol. The first-order chi connectivity index (χ1) is 12.2. The molecule has 0 fully saturated rings. The third kappa shape index (κ3) is 6.43. The van der Waals surface area contributed by atoms with E-state index in [0.717, 1.165) is 16.7 Å². The predicted octanol–water partition coefficient (Wildman–Crippen LogP) is 0.424. The monoisotopic (exact) mass is 498 g/mol. The lowest BCUT2D eigenvalue weighted by Crippen LogP contribution is -3.00. The van der Waals surface area contributed by atoms with Gasteiger partial charge in [0.2, 0.25) is 18.2 Å². The number of halogens is 2. The molecule has 0 aliphatic carbocycles. The molecule has 0 spiro atoms. The van der Waals surface area contributed by atoms with Crippen LogP contribution >= 0.6 is 11.6 Å². The molecule has 0 aliphatic rings. The normalized spacial score (nSPS) is 11.5. The number of nitrogens with one attached hydrogen (secondary N) is 1. The molecule has 1 heterocycles. The Labute approximate surface area is 182 Å². The second kappa shape index (κ2) is 9.99. The molecule has 4 nitrogen and oxygen atoms in total. The summed E-state index contributed by atoms with van der Waals surface area (Å²) in [5.74, 6) is -0.116. The van der Waals surface area contributed by atoms with Gasteiger partial charge in [-0.25, -0.2) is 0 Å². The van der Waals surface area contributed by atoms with Gasteiger partial charge in [0.05, 0.1) is 0 Å². The average Bonchev–Trinajstić information content (AvgIpc) is 2.61. The molecule has 1 amide bonds. The van der Waals surface area contributed by atoms with Crippen LogP contribution in [-0.2, 0) is 16.1 Å². The zero-order chi connectivity index (χ0) is 19.3. The van der Waals surface area contributed by atoms with Gasteiger partial charge in [-0.15, -0.1) is 0 Å². The number of Topliss-reactive ketones (excluding diaryl/α,β-unsaturated/α-hetero) is 1. The second-order valence-electron chi connectivity index (χ2n) is 7.08. The van der Waals surface area contributed by atoms with E-state index in [-0.39, 0.29) is 42.2 Å². The van der Waals surface area contributed by atoms with Crippen molar-refractivity contribution >= 4 is 28.9 Å². The van der Waals surface area contributed by atoms with E-state index in [1.807, 2.05) is 63.4 Å². The van der Waals surface area contributed by atoms with Gasteiger partial charge in [0, 0.05) is 35.7 Å². The molecule has 0 saturated carbocycles. The summed E-state index contributed by atoms with van der Waals surface area (Å²) in [5.41, 5.74) is 2.03. The van der Waals surface area contributed by atoms with Crippen molar-refractivity contribution in [2.75, 3.05) is 7.05 Å². The van der Waals surface area contributed by atoms with Crippen LogP contribution in [0, 0.1) is 5.41 Å². The topological polar surface area (TPSA) is 50.1 Å². The van der Waals surface area contributed by atoms with Crippen molar-refractivity contribution in [1.82, 2.24) is 5.32 Å². The summed E-state index contributed by atoms with van der Waals surface area (Å²) in [7, 11) is 1.59. The number of aromatic nitrogens is 1. The number of nitrogens with zero attached hydrogens (tertiary/aromatic N) is 1. The predicted molar refractivity (Wildman–Crippen MR) is 104 cm³/mol. The molecule has 144 valence electrons. The van der Waals surface area contributed by atoms with Crippen molar-refractivity contribution < 1.29 is 38.1 Å². The fourth-order valence-electron chi connectivity index (χ4n) is 2.35. The van der Waals surface area contributed by atoms with Crippen LogP contribution in [0.2, 0.25) is 5.15 Å². The number of ketones is 1. The van der Waals surface area contributed by atoms with Gasteiger partial charge in [0.15, 0.2) is 6.20 Å². The van der Waals surface area contributed by atoms with Gasteiger partial charge in [-0.1, -0.05) is 51.1 Å². The lowest BCUT2D eigenvalue weighted by atomic mass is 9.91. The minimum atomic E-state index is -0.452. The fraction of sp³-hybridized carbons (Fsp3) is 0.286. The highest BCUT2D eigenvalue weighted by Gasteiger charge is 2.26. The lowest BCUT2D eigenvalue weighted by Gasteiger charge is -2.14. The van der Waals surface area contributed by atoms with E-state index < -0.39 is 5.41 Å². The van der Waals surface area contributed by atoms with E-state index in [4.69, 9.17) is 11.6 Å². The summed E-state index contributed by atoms with van der Waals surface area (Å²) in [5, 5.41) is 3.08. The smallest absolute Gasteiger partial charge is 0.275 e. The fourth-order valence-corrected chi connectivity index (χ4v) is 2.53. The number of pyridine rings is 1. The molecule has 27 heavy (non-hydrogen) atoms. The maximum Gasteiger partial charge on any atom is 0.275 e. The van der Waals surface area contributed by atoms with Gasteiger partial charge in [0.1, 0.15) is 0 Å². The number of rotatable bonds is 5. The molecule has 1 N–H and O–H groups in total. The highest BCUT2D eigenvalue weighted by molar-refractivity contribution is 6.28. The largest absolute Gasteiger partial charge is 1.00 e. The lowest BCUT2D eigenvalue weighted by molar-refractivity contribution is -0.682. The van der Waals surface area contributed by atoms with Gasteiger partial charge in [-0.2, -0.15) is 4.57 Å². The van der Waals surface area contributed by atoms with Crippen LogP contribution in [0.15, 0.2) is 54.7 Å². The van der Waals surface area contributed by atoms with Gasteiger partial charge < -0.3 is 29.3 Å². The van der Waals surface area contributed by atoms with E-state index in [0.29, 0.717) is 5.15 Å². The molecule has 0 bridgehead atoms. The van der Waals surface area contributed by atoms with Gasteiger partial charge in [-0.05, 0) is 23.2 Å². The molecule has 6 heteroatoms. The molecule has 1 aromatic carbocycles. The maximum absolute atomic E-state index is 12.4. The van der Waals surface area contributed by atoms with Crippen LogP contribution in [-0.4, -0.2) is 18.7 Å². The van der Waals surface area contributed by atoms with Crippen molar-refractivity contribution in [1.29, 1.82) is 0 Å². The summed E-state index contributed by atoms with van der Waals surface area (Å²) >= 11 is 6.29. The van der Waals surface area contributed by atoms with E-state index in [2.05, 4.69) is 5.32 Å².